The second kappa shape index (κ2) is 6.20. The second-order valence-electron chi connectivity index (χ2n) is 5.79. The molecule has 0 radical (unpaired) electrons. The highest BCUT2D eigenvalue weighted by Gasteiger charge is 2.17. The third-order valence-corrected chi connectivity index (χ3v) is 4.15. The van der Waals surface area contributed by atoms with Gasteiger partial charge >= 0.3 is 0 Å². The van der Waals surface area contributed by atoms with Crippen LogP contribution in [0, 0.1) is 0 Å². The van der Waals surface area contributed by atoms with Crippen LogP contribution in [0.3, 0.4) is 0 Å². The number of para-hydroxylation sites is 1. The van der Waals surface area contributed by atoms with Crippen molar-refractivity contribution in [2.75, 3.05) is 0 Å². The molecule has 0 saturated heterocycles. The molecule has 0 aliphatic rings. The summed E-state index contributed by atoms with van der Waals surface area (Å²) in [5.74, 6) is 0.286. The molecule has 5 nitrogen and oxygen atoms in total. The Morgan fingerprint density at radius 3 is 2.56 bits per heavy atom. The van der Waals surface area contributed by atoms with Crippen molar-refractivity contribution in [2.24, 2.45) is 5.73 Å². The Balaban J connectivity index is 1.97. The van der Waals surface area contributed by atoms with E-state index in [4.69, 9.17) is 10.7 Å². The Hall–Kier alpha value is -3.47. The standard InChI is InChI=1S/C20H16N4O/c21-19(25)16-9-4-10-17-18(16)23-20(15-8-5-11-22-12-15)24(17)13-14-6-2-1-3-7-14/h1-12H,13H2,(H2,21,25). The zero-order chi connectivity index (χ0) is 17.2. The van der Waals surface area contributed by atoms with E-state index in [-0.39, 0.29) is 0 Å². The number of aromatic nitrogens is 3. The van der Waals surface area contributed by atoms with Gasteiger partial charge in [-0.05, 0) is 29.8 Å². The van der Waals surface area contributed by atoms with Crippen LogP contribution >= 0.6 is 0 Å². The van der Waals surface area contributed by atoms with Crippen molar-refractivity contribution in [1.82, 2.24) is 14.5 Å². The first-order valence-electron chi connectivity index (χ1n) is 7.97. The third-order valence-electron chi connectivity index (χ3n) is 4.15. The first-order chi connectivity index (χ1) is 12.2. The molecule has 0 saturated carbocycles. The maximum atomic E-state index is 11.8. The first kappa shape index (κ1) is 15.1. The van der Waals surface area contributed by atoms with Crippen molar-refractivity contribution < 1.29 is 4.79 Å². The van der Waals surface area contributed by atoms with Crippen LogP contribution < -0.4 is 5.73 Å². The quantitative estimate of drug-likeness (QED) is 0.625. The van der Waals surface area contributed by atoms with E-state index in [2.05, 4.69) is 21.7 Å². The predicted molar refractivity (Wildman–Crippen MR) is 97.0 cm³/mol. The van der Waals surface area contributed by atoms with Crippen LogP contribution in [0.25, 0.3) is 22.4 Å². The van der Waals surface area contributed by atoms with E-state index in [1.54, 1.807) is 18.5 Å². The minimum atomic E-state index is -0.479. The fourth-order valence-corrected chi connectivity index (χ4v) is 2.99. The number of primary amides is 1. The number of hydrogen-bond donors (Lipinski definition) is 1. The van der Waals surface area contributed by atoms with Gasteiger partial charge in [0.25, 0.3) is 5.91 Å². The summed E-state index contributed by atoms with van der Waals surface area (Å²) >= 11 is 0. The molecule has 5 heteroatoms. The van der Waals surface area contributed by atoms with E-state index < -0.39 is 5.91 Å². The minimum absolute atomic E-state index is 0.425. The molecule has 2 aromatic heterocycles. The van der Waals surface area contributed by atoms with Gasteiger partial charge in [-0.25, -0.2) is 4.98 Å². The van der Waals surface area contributed by atoms with E-state index in [1.165, 1.54) is 0 Å². The number of nitrogens with zero attached hydrogens (tertiary/aromatic N) is 3. The van der Waals surface area contributed by atoms with Gasteiger partial charge in [0.1, 0.15) is 11.3 Å². The molecule has 25 heavy (non-hydrogen) atoms. The van der Waals surface area contributed by atoms with E-state index in [9.17, 15) is 4.79 Å². The van der Waals surface area contributed by atoms with Crippen molar-refractivity contribution in [1.29, 1.82) is 0 Å². The average molecular weight is 328 g/mol. The van der Waals surface area contributed by atoms with E-state index >= 15 is 0 Å². The van der Waals surface area contributed by atoms with Crippen molar-refractivity contribution >= 4 is 16.9 Å². The fourth-order valence-electron chi connectivity index (χ4n) is 2.99. The number of hydrogen-bond acceptors (Lipinski definition) is 3. The molecular weight excluding hydrogens is 312 g/mol. The summed E-state index contributed by atoms with van der Waals surface area (Å²) in [4.78, 5) is 20.7. The lowest BCUT2D eigenvalue weighted by Gasteiger charge is -2.09. The Labute approximate surface area is 144 Å². The maximum absolute atomic E-state index is 11.8. The lowest BCUT2D eigenvalue weighted by atomic mass is 10.1. The lowest BCUT2D eigenvalue weighted by Crippen LogP contribution is -2.11. The normalized spacial score (nSPS) is 10.9. The number of nitrogens with two attached hydrogens (primary N) is 1. The summed E-state index contributed by atoms with van der Waals surface area (Å²) < 4.78 is 2.09. The second-order valence-corrected chi connectivity index (χ2v) is 5.79. The van der Waals surface area contributed by atoms with Crippen molar-refractivity contribution in [3.63, 3.8) is 0 Å². The minimum Gasteiger partial charge on any atom is -0.366 e. The van der Waals surface area contributed by atoms with Gasteiger partial charge in [0.05, 0.1) is 11.1 Å². The van der Waals surface area contributed by atoms with Crippen molar-refractivity contribution in [2.45, 2.75) is 6.54 Å². The van der Waals surface area contributed by atoms with Gasteiger partial charge in [-0.15, -0.1) is 0 Å². The Morgan fingerprint density at radius 2 is 1.84 bits per heavy atom. The van der Waals surface area contributed by atoms with Gasteiger partial charge in [-0.3, -0.25) is 9.78 Å². The molecule has 1 amide bonds. The van der Waals surface area contributed by atoms with E-state index in [0.717, 1.165) is 22.5 Å². The van der Waals surface area contributed by atoms with Crippen molar-refractivity contribution in [3.8, 4) is 11.4 Å². The topological polar surface area (TPSA) is 73.8 Å². The summed E-state index contributed by atoms with van der Waals surface area (Å²) in [6.45, 7) is 0.643. The van der Waals surface area contributed by atoms with Gasteiger partial charge in [-0.1, -0.05) is 36.4 Å². The molecular formula is C20H16N4O. The molecule has 4 aromatic rings. The van der Waals surface area contributed by atoms with Crippen LogP contribution in [0.4, 0.5) is 0 Å². The van der Waals surface area contributed by atoms with Crippen LogP contribution in [0.1, 0.15) is 15.9 Å². The zero-order valence-electron chi connectivity index (χ0n) is 13.5. The van der Waals surface area contributed by atoms with Crippen LogP contribution in [0.5, 0.6) is 0 Å². The van der Waals surface area contributed by atoms with Gasteiger partial charge in [-0.2, -0.15) is 0 Å². The molecule has 2 N–H and O–H groups in total. The number of pyridine rings is 1. The van der Waals surface area contributed by atoms with Crippen molar-refractivity contribution in [3.05, 3.63) is 84.2 Å². The number of imidazole rings is 1. The summed E-state index contributed by atoms with van der Waals surface area (Å²) in [5, 5.41) is 0. The maximum Gasteiger partial charge on any atom is 0.250 e. The fraction of sp³-hybridized carbons (Fsp3) is 0.0500. The Kier molecular flexibility index (Phi) is 3.74. The van der Waals surface area contributed by atoms with Gasteiger partial charge < -0.3 is 10.3 Å². The van der Waals surface area contributed by atoms with Gasteiger partial charge in [0.2, 0.25) is 0 Å². The van der Waals surface area contributed by atoms with Crippen LogP contribution in [0.15, 0.2) is 73.1 Å². The number of carbonyl (C=O) groups is 1. The molecule has 0 aliphatic carbocycles. The molecule has 122 valence electrons. The first-order valence-corrected chi connectivity index (χ1v) is 7.97. The summed E-state index contributed by atoms with van der Waals surface area (Å²) in [5.41, 5.74) is 9.49. The molecule has 0 spiro atoms. The highest BCUT2D eigenvalue weighted by Crippen LogP contribution is 2.27. The van der Waals surface area contributed by atoms with Crippen LogP contribution in [0.2, 0.25) is 0 Å². The number of fused-ring (bicyclic) bond motifs is 1. The highest BCUT2D eigenvalue weighted by atomic mass is 16.1. The summed E-state index contributed by atoms with van der Waals surface area (Å²) in [6.07, 6.45) is 3.50. The monoisotopic (exact) mass is 328 g/mol. The summed E-state index contributed by atoms with van der Waals surface area (Å²) in [7, 11) is 0. The molecule has 0 atom stereocenters. The lowest BCUT2D eigenvalue weighted by molar-refractivity contribution is 0.100. The summed E-state index contributed by atoms with van der Waals surface area (Å²) in [6, 6.07) is 19.5. The molecule has 2 heterocycles. The van der Waals surface area contributed by atoms with Gasteiger partial charge in [0, 0.05) is 24.5 Å². The Bertz CT molecular complexity index is 1040. The van der Waals surface area contributed by atoms with Crippen LogP contribution in [-0.2, 0) is 6.54 Å². The zero-order valence-corrected chi connectivity index (χ0v) is 13.5. The smallest absolute Gasteiger partial charge is 0.250 e. The molecule has 4 rings (SSSR count). The SMILES string of the molecule is NC(=O)c1cccc2c1nc(-c1cccnc1)n2Cc1ccccc1. The van der Waals surface area contributed by atoms with E-state index in [1.807, 2.05) is 42.5 Å². The number of amides is 1. The number of carbonyl (C=O) groups excluding carboxylic acids is 1. The number of benzene rings is 2. The largest absolute Gasteiger partial charge is 0.366 e. The van der Waals surface area contributed by atoms with Crippen LogP contribution in [-0.4, -0.2) is 20.4 Å². The molecule has 0 unspecified atom stereocenters. The van der Waals surface area contributed by atoms with Gasteiger partial charge in [0.15, 0.2) is 0 Å². The number of rotatable bonds is 4. The molecule has 0 bridgehead atoms. The molecule has 0 aliphatic heterocycles. The third kappa shape index (κ3) is 2.76. The highest BCUT2D eigenvalue weighted by molar-refractivity contribution is 6.04. The molecule has 0 fully saturated rings. The average Bonchev–Trinajstić information content (AvgIpc) is 3.02. The molecule has 2 aromatic carbocycles. The Morgan fingerprint density at radius 1 is 1.00 bits per heavy atom. The van der Waals surface area contributed by atoms with E-state index in [0.29, 0.717) is 17.6 Å². The predicted octanol–water partition coefficient (Wildman–Crippen LogP) is 3.25.